The average Bonchev–Trinajstić information content (AvgIpc) is 2.39. The summed E-state index contributed by atoms with van der Waals surface area (Å²) in [5, 5.41) is 21.1. The van der Waals surface area contributed by atoms with E-state index in [-0.39, 0.29) is 6.23 Å². The second kappa shape index (κ2) is 5.57. The average molecular weight is 270 g/mol. The van der Waals surface area contributed by atoms with E-state index in [0.717, 1.165) is 12.0 Å². The third-order valence-corrected chi connectivity index (χ3v) is 4.05. The zero-order valence-electron chi connectivity index (χ0n) is 10.6. The van der Waals surface area contributed by atoms with Gasteiger partial charge in [0.05, 0.1) is 5.60 Å². The minimum Gasteiger partial charge on any atom is -0.385 e. The van der Waals surface area contributed by atoms with E-state index in [2.05, 4.69) is 0 Å². The van der Waals surface area contributed by atoms with Crippen LogP contribution in [0.25, 0.3) is 0 Å². The Bertz CT molecular complexity index is 385. The standard InChI is InChI=1S/C14H20ClNO2/c1-2-13(17)16-9-7-14(18,8-10-16)11-3-5-12(15)6-4-11/h3-6,13,17-18H,2,7-10H2,1H3. The van der Waals surface area contributed by atoms with Crippen LogP contribution in [-0.4, -0.2) is 34.4 Å². The summed E-state index contributed by atoms with van der Waals surface area (Å²) in [7, 11) is 0. The molecular formula is C14H20ClNO2. The van der Waals surface area contributed by atoms with Gasteiger partial charge in [-0.3, -0.25) is 4.90 Å². The molecule has 0 amide bonds. The van der Waals surface area contributed by atoms with Gasteiger partial charge in [0.15, 0.2) is 0 Å². The fourth-order valence-corrected chi connectivity index (χ4v) is 2.62. The third kappa shape index (κ3) is 2.86. The Morgan fingerprint density at radius 3 is 2.33 bits per heavy atom. The fourth-order valence-electron chi connectivity index (χ4n) is 2.50. The molecule has 0 bridgehead atoms. The lowest BCUT2D eigenvalue weighted by molar-refractivity contribution is -0.0779. The Balaban J connectivity index is 2.05. The molecule has 2 rings (SSSR count). The summed E-state index contributed by atoms with van der Waals surface area (Å²) < 4.78 is 0. The zero-order chi connectivity index (χ0) is 13.2. The first-order chi connectivity index (χ1) is 8.55. The summed E-state index contributed by atoms with van der Waals surface area (Å²) in [6.07, 6.45) is 1.62. The van der Waals surface area contributed by atoms with Crippen LogP contribution in [0.4, 0.5) is 0 Å². The Kier molecular flexibility index (Phi) is 4.28. The van der Waals surface area contributed by atoms with E-state index in [1.807, 2.05) is 36.1 Å². The van der Waals surface area contributed by atoms with Gasteiger partial charge >= 0.3 is 0 Å². The Hall–Kier alpha value is -0.610. The molecule has 0 radical (unpaired) electrons. The van der Waals surface area contributed by atoms with Gasteiger partial charge in [-0.2, -0.15) is 0 Å². The molecule has 1 aliphatic heterocycles. The molecule has 100 valence electrons. The molecule has 1 unspecified atom stereocenters. The maximum atomic E-state index is 10.7. The molecular weight excluding hydrogens is 250 g/mol. The van der Waals surface area contributed by atoms with E-state index in [4.69, 9.17) is 11.6 Å². The van der Waals surface area contributed by atoms with Crippen molar-refractivity contribution in [2.75, 3.05) is 13.1 Å². The van der Waals surface area contributed by atoms with E-state index in [1.54, 1.807) is 0 Å². The van der Waals surface area contributed by atoms with Gasteiger partial charge in [-0.25, -0.2) is 0 Å². The normalized spacial score (nSPS) is 21.8. The number of halogens is 1. The number of hydrogen-bond acceptors (Lipinski definition) is 3. The molecule has 1 aromatic rings. The number of likely N-dealkylation sites (tertiary alicyclic amines) is 1. The van der Waals surface area contributed by atoms with Crippen LogP contribution in [0.2, 0.25) is 5.02 Å². The monoisotopic (exact) mass is 269 g/mol. The highest BCUT2D eigenvalue weighted by Gasteiger charge is 2.35. The van der Waals surface area contributed by atoms with Crippen LogP contribution in [0.5, 0.6) is 0 Å². The predicted octanol–water partition coefficient (Wildman–Crippen LogP) is 2.35. The van der Waals surface area contributed by atoms with Gasteiger partial charge in [0.2, 0.25) is 0 Å². The Labute approximate surface area is 113 Å². The Morgan fingerprint density at radius 2 is 1.83 bits per heavy atom. The lowest BCUT2D eigenvalue weighted by Gasteiger charge is -2.40. The van der Waals surface area contributed by atoms with Crippen LogP contribution in [0.1, 0.15) is 31.7 Å². The van der Waals surface area contributed by atoms with Crippen LogP contribution in [0, 0.1) is 0 Å². The smallest absolute Gasteiger partial charge is 0.107 e. The van der Waals surface area contributed by atoms with Crippen LogP contribution in [-0.2, 0) is 5.60 Å². The molecule has 1 aromatic carbocycles. The van der Waals surface area contributed by atoms with Crippen LogP contribution < -0.4 is 0 Å². The number of aliphatic hydroxyl groups is 2. The first-order valence-electron chi connectivity index (χ1n) is 6.46. The van der Waals surface area contributed by atoms with E-state index in [0.29, 0.717) is 31.0 Å². The van der Waals surface area contributed by atoms with Gasteiger partial charge in [-0.1, -0.05) is 30.7 Å². The molecule has 1 aliphatic rings. The quantitative estimate of drug-likeness (QED) is 0.885. The maximum absolute atomic E-state index is 10.7. The summed E-state index contributed by atoms with van der Waals surface area (Å²) in [5.41, 5.74) is 0.131. The SMILES string of the molecule is CCC(O)N1CCC(O)(c2ccc(Cl)cc2)CC1. The summed E-state index contributed by atoms with van der Waals surface area (Å²) in [6, 6.07) is 7.38. The van der Waals surface area contributed by atoms with Crippen molar-refractivity contribution in [1.82, 2.24) is 4.90 Å². The van der Waals surface area contributed by atoms with Crippen LogP contribution in [0.3, 0.4) is 0 Å². The highest BCUT2D eigenvalue weighted by Crippen LogP contribution is 2.33. The van der Waals surface area contributed by atoms with Crippen molar-refractivity contribution in [3.8, 4) is 0 Å². The molecule has 1 saturated heterocycles. The molecule has 0 spiro atoms. The van der Waals surface area contributed by atoms with Gasteiger partial charge in [-0.05, 0) is 37.0 Å². The summed E-state index contributed by atoms with van der Waals surface area (Å²) >= 11 is 5.86. The van der Waals surface area contributed by atoms with E-state index in [9.17, 15) is 10.2 Å². The van der Waals surface area contributed by atoms with Crippen molar-refractivity contribution < 1.29 is 10.2 Å². The van der Waals surface area contributed by atoms with Crippen molar-refractivity contribution in [1.29, 1.82) is 0 Å². The van der Waals surface area contributed by atoms with Crippen molar-refractivity contribution >= 4 is 11.6 Å². The van der Waals surface area contributed by atoms with Crippen molar-refractivity contribution in [3.05, 3.63) is 34.9 Å². The van der Waals surface area contributed by atoms with Crippen LogP contribution >= 0.6 is 11.6 Å². The lowest BCUT2D eigenvalue weighted by atomic mass is 9.84. The number of piperidine rings is 1. The van der Waals surface area contributed by atoms with Crippen molar-refractivity contribution in [2.45, 2.75) is 38.0 Å². The lowest BCUT2D eigenvalue weighted by Crippen LogP contribution is -2.46. The van der Waals surface area contributed by atoms with E-state index in [1.165, 1.54) is 0 Å². The highest BCUT2D eigenvalue weighted by atomic mass is 35.5. The Morgan fingerprint density at radius 1 is 1.28 bits per heavy atom. The molecule has 3 nitrogen and oxygen atoms in total. The highest BCUT2D eigenvalue weighted by molar-refractivity contribution is 6.30. The molecule has 18 heavy (non-hydrogen) atoms. The molecule has 0 aliphatic carbocycles. The molecule has 1 fully saturated rings. The summed E-state index contributed by atoms with van der Waals surface area (Å²) in [6.45, 7) is 3.40. The second-order valence-corrected chi connectivity index (χ2v) is 5.40. The maximum Gasteiger partial charge on any atom is 0.107 e. The molecule has 4 heteroatoms. The number of nitrogens with zero attached hydrogens (tertiary/aromatic N) is 1. The topological polar surface area (TPSA) is 43.7 Å². The molecule has 1 heterocycles. The zero-order valence-corrected chi connectivity index (χ0v) is 11.4. The van der Waals surface area contributed by atoms with Crippen molar-refractivity contribution in [3.63, 3.8) is 0 Å². The fraction of sp³-hybridized carbons (Fsp3) is 0.571. The van der Waals surface area contributed by atoms with Crippen LogP contribution in [0.15, 0.2) is 24.3 Å². The first kappa shape index (κ1) is 13.8. The van der Waals surface area contributed by atoms with Gasteiger partial charge in [0.25, 0.3) is 0 Å². The number of benzene rings is 1. The summed E-state index contributed by atoms with van der Waals surface area (Å²) in [4.78, 5) is 2.02. The van der Waals surface area contributed by atoms with Gasteiger partial charge in [0, 0.05) is 18.1 Å². The second-order valence-electron chi connectivity index (χ2n) is 4.96. The molecule has 0 aromatic heterocycles. The number of rotatable bonds is 3. The summed E-state index contributed by atoms with van der Waals surface area (Å²) in [5.74, 6) is 0. The van der Waals surface area contributed by atoms with E-state index >= 15 is 0 Å². The first-order valence-corrected chi connectivity index (χ1v) is 6.83. The van der Waals surface area contributed by atoms with E-state index < -0.39 is 5.60 Å². The van der Waals surface area contributed by atoms with Crippen molar-refractivity contribution in [2.24, 2.45) is 0 Å². The van der Waals surface area contributed by atoms with Gasteiger partial charge in [0.1, 0.15) is 6.23 Å². The molecule has 0 saturated carbocycles. The third-order valence-electron chi connectivity index (χ3n) is 3.79. The predicted molar refractivity (Wildman–Crippen MR) is 72.5 cm³/mol. The number of hydrogen-bond donors (Lipinski definition) is 2. The number of aliphatic hydroxyl groups excluding tert-OH is 1. The minimum absolute atomic E-state index is 0.389. The van der Waals surface area contributed by atoms with Gasteiger partial charge < -0.3 is 10.2 Å². The molecule has 2 N–H and O–H groups in total. The minimum atomic E-state index is -0.783. The molecule has 1 atom stereocenters. The van der Waals surface area contributed by atoms with Gasteiger partial charge in [-0.15, -0.1) is 0 Å². The largest absolute Gasteiger partial charge is 0.385 e.